The lowest BCUT2D eigenvalue weighted by Crippen LogP contribution is -2.60. The number of ether oxygens (including phenoxy) is 1. The molecule has 0 radical (unpaired) electrons. The first-order chi connectivity index (χ1) is 20.3. The van der Waals surface area contributed by atoms with E-state index >= 15 is 0 Å². The van der Waals surface area contributed by atoms with Crippen molar-refractivity contribution in [3.8, 4) is 5.75 Å². The third kappa shape index (κ3) is 8.04. The number of aromatic nitrogens is 2. The Kier molecular flexibility index (Phi) is 9.65. The number of sulfonamides is 1. The first-order valence-electron chi connectivity index (χ1n) is 13.5. The first kappa shape index (κ1) is 31.8. The fourth-order valence-electron chi connectivity index (χ4n) is 4.78. The van der Waals surface area contributed by atoms with Gasteiger partial charge in [-0.05, 0) is 48.7 Å². The van der Waals surface area contributed by atoms with Crippen molar-refractivity contribution in [3.63, 3.8) is 0 Å². The van der Waals surface area contributed by atoms with Gasteiger partial charge in [0.1, 0.15) is 18.3 Å². The van der Waals surface area contributed by atoms with E-state index in [0.29, 0.717) is 11.5 Å². The van der Waals surface area contributed by atoms with E-state index in [-0.39, 0.29) is 37.6 Å². The number of piperazine rings is 1. The lowest BCUT2D eigenvalue weighted by molar-refractivity contribution is -0.274. The van der Waals surface area contributed by atoms with Crippen LogP contribution < -0.4 is 15.0 Å². The van der Waals surface area contributed by atoms with Crippen LogP contribution in [-0.2, 0) is 39.1 Å². The fraction of sp³-hybridized carbons (Fsp3) is 0.393. The number of benzene rings is 2. The van der Waals surface area contributed by atoms with Crippen molar-refractivity contribution in [1.29, 1.82) is 0 Å². The van der Waals surface area contributed by atoms with E-state index in [4.69, 9.17) is 5.11 Å². The summed E-state index contributed by atoms with van der Waals surface area (Å²) in [5, 5.41) is 16.3. The summed E-state index contributed by atoms with van der Waals surface area (Å²) in [6, 6.07) is 11.9. The Balaban J connectivity index is 1.58. The molecule has 1 saturated heterocycles. The lowest BCUT2D eigenvalue weighted by atomic mass is 10.1. The number of nitrogens with one attached hydrogen (secondary N) is 1. The number of aliphatic carboxylic acids is 1. The SMILES string of the molecule is CCCc1ccc(CNC(=O)[C@H]2CN(c3cc(C)n(CC(=O)O)n3)CCN2S(=O)(=O)c2ccc(OC(F)(F)F)cc2)cc1. The van der Waals surface area contributed by atoms with Crippen LogP contribution in [0.3, 0.4) is 0 Å². The summed E-state index contributed by atoms with van der Waals surface area (Å²) >= 11 is 0. The number of carbonyl (C=O) groups is 2. The molecule has 1 aromatic heterocycles. The van der Waals surface area contributed by atoms with E-state index in [1.807, 2.05) is 24.3 Å². The monoisotopic (exact) mass is 623 g/mol. The van der Waals surface area contributed by atoms with Gasteiger partial charge in [-0.3, -0.25) is 14.3 Å². The van der Waals surface area contributed by atoms with Crippen LogP contribution in [0.5, 0.6) is 5.75 Å². The van der Waals surface area contributed by atoms with Crippen LogP contribution in [-0.4, -0.2) is 71.5 Å². The molecule has 0 aliphatic carbocycles. The van der Waals surface area contributed by atoms with Gasteiger partial charge in [0.05, 0.1) is 4.90 Å². The minimum absolute atomic E-state index is 0.0979. The molecule has 0 bridgehead atoms. The maximum absolute atomic E-state index is 13.7. The van der Waals surface area contributed by atoms with Gasteiger partial charge in [0.15, 0.2) is 5.82 Å². The maximum atomic E-state index is 13.7. The van der Waals surface area contributed by atoms with Crippen molar-refractivity contribution in [2.75, 3.05) is 24.5 Å². The zero-order chi connectivity index (χ0) is 31.4. The average Bonchev–Trinajstić information content (AvgIpc) is 3.31. The van der Waals surface area contributed by atoms with Gasteiger partial charge in [0, 0.05) is 37.9 Å². The predicted octanol–water partition coefficient (Wildman–Crippen LogP) is 3.32. The highest BCUT2D eigenvalue weighted by Crippen LogP contribution is 2.28. The maximum Gasteiger partial charge on any atom is 0.573 e. The number of aryl methyl sites for hydroxylation is 2. The van der Waals surface area contributed by atoms with Crippen LogP contribution in [0.1, 0.15) is 30.2 Å². The van der Waals surface area contributed by atoms with Crippen LogP contribution in [0.15, 0.2) is 59.5 Å². The second kappa shape index (κ2) is 13.0. The second-order valence-corrected chi connectivity index (χ2v) is 12.0. The Labute approximate surface area is 246 Å². The van der Waals surface area contributed by atoms with Gasteiger partial charge < -0.3 is 20.1 Å². The summed E-state index contributed by atoms with van der Waals surface area (Å²) in [5.74, 6) is -1.86. The molecule has 2 aromatic carbocycles. The number of hydrogen-bond donors (Lipinski definition) is 2. The highest BCUT2D eigenvalue weighted by atomic mass is 32.2. The number of alkyl halides is 3. The van der Waals surface area contributed by atoms with E-state index in [1.54, 1.807) is 17.9 Å². The minimum atomic E-state index is -4.94. The van der Waals surface area contributed by atoms with E-state index < -0.39 is 40.1 Å². The van der Waals surface area contributed by atoms with Gasteiger partial charge in [-0.2, -0.15) is 9.40 Å². The van der Waals surface area contributed by atoms with Gasteiger partial charge in [-0.1, -0.05) is 37.6 Å². The Morgan fingerprint density at radius 2 is 1.72 bits per heavy atom. The van der Waals surface area contributed by atoms with Crippen LogP contribution in [0.25, 0.3) is 0 Å². The van der Waals surface area contributed by atoms with Crippen molar-refractivity contribution in [3.05, 3.63) is 71.4 Å². The zero-order valence-corrected chi connectivity index (χ0v) is 24.4. The van der Waals surface area contributed by atoms with Gasteiger partial charge in [0.25, 0.3) is 0 Å². The average molecular weight is 624 g/mol. The number of carbonyl (C=O) groups excluding carboxylic acids is 1. The molecule has 0 unspecified atom stereocenters. The molecule has 1 aliphatic rings. The molecule has 1 aliphatic heterocycles. The van der Waals surface area contributed by atoms with Crippen molar-refractivity contribution in [2.45, 2.75) is 57.1 Å². The van der Waals surface area contributed by atoms with Gasteiger partial charge in [0.2, 0.25) is 15.9 Å². The molecule has 2 N–H and O–H groups in total. The third-order valence-corrected chi connectivity index (χ3v) is 8.83. The van der Waals surface area contributed by atoms with Crippen molar-refractivity contribution in [1.82, 2.24) is 19.4 Å². The van der Waals surface area contributed by atoms with E-state index in [2.05, 4.69) is 22.1 Å². The Morgan fingerprint density at radius 3 is 2.33 bits per heavy atom. The molecular weight excluding hydrogens is 591 g/mol. The smallest absolute Gasteiger partial charge is 0.480 e. The van der Waals surface area contributed by atoms with E-state index in [0.717, 1.165) is 52.5 Å². The van der Waals surface area contributed by atoms with Crippen LogP contribution in [0, 0.1) is 6.92 Å². The Bertz CT molecular complexity index is 1540. The molecular formula is C28H32F3N5O6S. The largest absolute Gasteiger partial charge is 0.573 e. The van der Waals surface area contributed by atoms with Gasteiger partial charge in [-0.15, -0.1) is 13.2 Å². The fourth-order valence-corrected chi connectivity index (χ4v) is 6.35. The molecule has 1 fully saturated rings. The van der Waals surface area contributed by atoms with Crippen LogP contribution in [0.2, 0.25) is 0 Å². The molecule has 1 amide bonds. The number of anilines is 1. The number of amides is 1. The summed E-state index contributed by atoms with van der Waals surface area (Å²) in [6.45, 7) is 3.42. The molecule has 2 heterocycles. The second-order valence-electron chi connectivity index (χ2n) is 10.1. The molecule has 0 saturated carbocycles. The highest BCUT2D eigenvalue weighted by molar-refractivity contribution is 7.89. The predicted molar refractivity (Wildman–Crippen MR) is 150 cm³/mol. The quantitative estimate of drug-likeness (QED) is 0.332. The molecule has 1 atom stereocenters. The molecule has 4 rings (SSSR count). The van der Waals surface area contributed by atoms with Crippen molar-refractivity contribution in [2.24, 2.45) is 0 Å². The number of carboxylic acids is 1. The van der Waals surface area contributed by atoms with E-state index in [9.17, 15) is 31.2 Å². The summed E-state index contributed by atoms with van der Waals surface area (Å²) in [6.07, 6.45) is -3.03. The Morgan fingerprint density at radius 1 is 1.07 bits per heavy atom. The summed E-state index contributed by atoms with van der Waals surface area (Å²) < 4.78 is 71.3. The number of hydrogen-bond acceptors (Lipinski definition) is 7. The summed E-state index contributed by atoms with van der Waals surface area (Å²) in [4.78, 5) is 26.1. The van der Waals surface area contributed by atoms with Crippen LogP contribution in [0.4, 0.5) is 19.0 Å². The van der Waals surface area contributed by atoms with Crippen LogP contribution >= 0.6 is 0 Å². The Hall–Kier alpha value is -4.11. The molecule has 15 heteroatoms. The third-order valence-electron chi connectivity index (χ3n) is 6.90. The number of halogens is 3. The number of nitrogens with zero attached hydrogens (tertiary/aromatic N) is 4. The molecule has 43 heavy (non-hydrogen) atoms. The van der Waals surface area contributed by atoms with E-state index in [1.165, 1.54) is 4.68 Å². The molecule has 0 spiro atoms. The van der Waals surface area contributed by atoms with Crippen molar-refractivity contribution >= 4 is 27.7 Å². The van der Waals surface area contributed by atoms with Crippen molar-refractivity contribution < 1.29 is 41.0 Å². The molecule has 3 aromatic rings. The standard InChI is InChI=1S/C28H32F3N5O6S/c1-3-4-20-5-7-21(8-6-20)16-32-27(39)24-17-34(25-15-19(2)35(33-25)18-26(37)38)13-14-36(24)43(40,41)23-11-9-22(10-12-23)42-28(29,30)31/h5-12,15,24H,3-4,13-14,16-18H2,1-2H3,(H,32,39)(H,37,38)/t24-/m1/s1. The highest BCUT2D eigenvalue weighted by Gasteiger charge is 2.41. The normalized spacial score (nSPS) is 16.2. The summed E-state index contributed by atoms with van der Waals surface area (Å²) in [5.41, 5.74) is 2.54. The molecule has 232 valence electrons. The summed E-state index contributed by atoms with van der Waals surface area (Å²) in [7, 11) is -4.33. The lowest BCUT2D eigenvalue weighted by Gasteiger charge is -2.39. The number of carboxylic acid groups (broad SMARTS) is 1. The van der Waals surface area contributed by atoms with Gasteiger partial charge >= 0.3 is 12.3 Å². The minimum Gasteiger partial charge on any atom is -0.480 e. The molecule has 11 nitrogen and oxygen atoms in total. The number of rotatable bonds is 11. The van der Waals surface area contributed by atoms with Gasteiger partial charge in [-0.25, -0.2) is 8.42 Å². The topological polar surface area (TPSA) is 134 Å². The first-order valence-corrected chi connectivity index (χ1v) is 14.9. The zero-order valence-electron chi connectivity index (χ0n) is 23.5.